The van der Waals surface area contributed by atoms with E-state index in [0.29, 0.717) is 0 Å². The van der Waals surface area contributed by atoms with E-state index in [1.54, 1.807) is 0 Å². The summed E-state index contributed by atoms with van der Waals surface area (Å²) in [6, 6.07) is 0. The van der Waals surface area contributed by atoms with Crippen molar-refractivity contribution in [1.82, 2.24) is 9.80 Å². The normalized spacial score (nSPS) is 19.9. The third-order valence-corrected chi connectivity index (χ3v) is 3.57. The smallest absolute Gasteiger partial charge is 0.000134 e. The van der Waals surface area contributed by atoms with Gasteiger partial charge in [0.15, 0.2) is 0 Å². The average Bonchev–Trinajstić information content (AvgIpc) is 2.20. The fourth-order valence-corrected chi connectivity index (χ4v) is 2.56. The summed E-state index contributed by atoms with van der Waals surface area (Å²) >= 11 is 0. The van der Waals surface area contributed by atoms with Crippen molar-refractivity contribution < 1.29 is 0 Å². The predicted octanol–water partition coefficient (Wildman–Crippen LogP) is 2.70. The molecule has 1 fully saturated rings. The van der Waals surface area contributed by atoms with Crippen molar-refractivity contribution in [3.05, 3.63) is 0 Å². The lowest BCUT2D eigenvalue weighted by Gasteiger charge is -2.30. The van der Waals surface area contributed by atoms with Gasteiger partial charge in [0.1, 0.15) is 0 Å². The number of likely N-dealkylation sites (tertiary alicyclic amines) is 1. The Morgan fingerprint density at radius 2 is 1.88 bits per heavy atom. The number of hydrogen-bond donors (Lipinski definition) is 0. The minimum Gasteiger partial charge on any atom is -0.306 e. The molecule has 1 aliphatic heterocycles. The van der Waals surface area contributed by atoms with E-state index >= 15 is 0 Å². The summed E-state index contributed by atoms with van der Waals surface area (Å²) in [5.41, 5.74) is 0. The van der Waals surface area contributed by atoms with Crippen molar-refractivity contribution >= 4 is 0 Å². The molecule has 1 rings (SSSR count). The van der Waals surface area contributed by atoms with Gasteiger partial charge in [-0.1, -0.05) is 20.8 Å². The maximum atomic E-state index is 2.64. The summed E-state index contributed by atoms with van der Waals surface area (Å²) in [5.74, 6) is 1.75. The lowest BCUT2D eigenvalue weighted by Crippen LogP contribution is -2.35. The van der Waals surface area contributed by atoms with Crippen LogP contribution in [-0.4, -0.2) is 49.6 Å². The van der Waals surface area contributed by atoms with Crippen molar-refractivity contribution in [3.8, 4) is 0 Å². The van der Waals surface area contributed by atoms with Gasteiger partial charge < -0.3 is 9.80 Å². The van der Waals surface area contributed by atoms with Gasteiger partial charge >= 0.3 is 0 Å². The van der Waals surface area contributed by atoms with Gasteiger partial charge in [0, 0.05) is 6.54 Å². The molecule has 1 saturated heterocycles. The molecule has 0 radical (unpaired) electrons. The molecule has 2 nitrogen and oxygen atoms in total. The van der Waals surface area contributed by atoms with Crippen molar-refractivity contribution in [3.63, 3.8) is 0 Å². The molecule has 0 aliphatic carbocycles. The van der Waals surface area contributed by atoms with Crippen molar-refractivity contribution in [1.29, 1.82) is 0 Å². The fraction of sp³-hybridized carbons (Fsp3) is 1.00. The van der Waals surface area contributed by atoms with Crippen LogP contribution >= 0.6 is 0 Å². The van der Waals surface area contributed by atoms with Crippen LogP contribution in [0.25, 0.3) is 0 Å². The second-order valence-corrected chi connectivity index (χ2v) is 6.03. The van der Waals surface area contributed by atoms with E-state index in [2.05, 4.69) is 37.6 Å². The molecule has 0 spiro atoms. The van der Waals surface area contributed by atoms with E-state index in [1.165, 1.54) is 52.0 Å². The predicted molar refractivity (Wildman–Crippen MR) is 71.8 cm³/mol. The molecular formula is C14H30N2. The van der Waals surface area contributed by atoms with Crippen LogP contribution < -0.4 is 0 Å². The largest absolute Gasteiger partial charge is 0.306 e. The van der Waals surface area contributed by atoms with Gasteiger partial charge in [0.05, 0.1) is 0 Å². The first-order chi connectivity index (χ1) is 7.58. The van der Waals surface area contributed by atoms with Crippen LogP contribution in [0.4, 0.5) is 0 Å². The van der Waals surface area contributed by atoms with Crippen molar-refractivity contribution in [2.24, 2.45) is 11.8 Å². The first kappa shape index (κ1) is 14.0. The molecule has 1 heterocycles. The minimum absolute atomic E-state index is 0.792. The first-order valence-corrected chi connectivity index (χ1v) is 6.99. The molecule has 0 N–H and O–H groups in total. The van der Waals surface area contributed by atoms with Gasteiger partial charge in [0.2, 0.25) is 0 Å². The number of nitrogens with zero attached hydrogens (tertiary/aromatic N) is 2. The lowest BCUT2D eigenvalue weighted by atomic mass is 9.99. The molecule has 16 heavy (non-hydrogen) atoms. The Kier molecular flexibility index (Phi) is 6.37. The van der Waals surface area contributed by atoms with E-state index in [-0.39, 0.29) is 0 Å². The third-order valence-electron chi connectivity index (χ3n) is 3.57. The number of piperidine rings is 1. The third kappa shape index (κ3) is 5.86. The Morgan fingerprint density at radius 1 is 1.25 bits per heavy atom. The highest BCUT2D eigenvalue weighted by Gasteiger charge is 2.14. The van der Waals surface area contributed by atoms with Gasteiger partial charge in [-0.05, 0) is 64.3 Å². The Bertz CT molecular complexity index is 172. The van der Waals surface area contributed by atoms with Gasteiger partial charge in [-0.25, -0.2) is 0 Å². The molecule has 0 bridgehead atoms. The molecular weight excluding hydrogens is 196 g/mol. The molecule has 2 heteroatoms. The monoisotopic (exact) mass is 226 g/mol. The Morgan fingerprint density at radius 3 is 2.44 bits per heavy atom. The summed E-state index contributed by atoms with van der Waals surface area (Å²) in [6.07, 6.45) is 4.14. The summed E-state index contributed by atoms with van der Waals surface area (Å²) in [5, 5.41) is 0. The highest BCUT2D eigenvalue weighted by atomic mass is 15.1. The molecule has 0 aromatic heterocycles. The standard InChI is InChI=1S/C14H30N2/c1-13(2)12-15(4)8-5-9-16-10-6-14(3)7-11-16/h13-14H,5-12H2,1-4H3. The lowest BCUT2D eigenvalue weighted by molar-refractivity contribution is 0.180. The fourth-order valence-electron chi connectivity index (χ4n) is 2.56. The zero-order chi connectivity index (χ0) is 12.0. The van der Waals surface area contributed by atoms with E-state index in [1.807, 2.05) is 0 Å². The Hall–Kier alpha value is -0.0800. The molecule has 0 amide bonds. The summed E-state index contributed by atoms with van der Waals surface area (Å²) in [6.45, 7) is 13.4. The van der Waals surface area contributed by atoms with Gasteiger partial charge in [0.25, 0.3) is 0 Å². The minimum atomic E-state index is 0.792. The van der Waals surface area contributed by atoms with Crippen LogP contribution in [0.2, 0.25) is 0 Å². The Balaban J connectivity index is 2.02. The van der Waals surface area contributed by atoms with Crippen LogP contribution in [0.1, 0.15) is 40.0 Å². The Labute approximate surface area is 102 Å². The zero-order valence-corrected chi connectivity index (χ0v) is 11.7. The second-order valence-electron chi connectivity index (χ2n) is 6.03. The highest BCUT2D eigenvalue weighted by molar-refractivity contribution is 4.69. The first-order valence-electron chi connectivity index (χ1n) is 6.99. The number of rotatable bonds is 6. The summed E-state index contributed by atoms with van der Waals surface area (Å²) in [4.78, 5) is 5.11. The van der Waals surface area contributed by atoms with Gasteiger partial charge in [-0.3, -0.25) is 0 Å². The van der Waals surface area contributed by atoms with Crippen LogP contribution in [0, 0.1) is 11.8 Å². The molecule has 0 saturated carbocycles. The summed E-state index contributed by atoms with van der Waals surface area (Å²) in [7, 11) is 2.25. The molecule has 0 atom stereocenters. The van der Waals surface area contributed by atoms with Crippen molar-refractivity contribution in [2.75, 3.05) is 39.8 Å². The maximum Gasteiger partial charge on any atom is 0.000134 e. The zero-order valence-electron chi connectivity index (χ0n) is 11.7. The van der Waals surface area contributed by atoms with E-state index in [9.17, 15) is 0 Å². The van der Waals surface area contributed by atoms with E-state index < -0.39 is 0 Å². The highest BCUT2D eigenvalue weighted by Crippen LogP contribution is 2.15. The SMILES string of the molecule is CC(C)CN(C)CCCN1CCC(C)CC1. The average molecular weight is 226 g/mol. The topological polar surface area (TPSA) is 6.48 Å². The molecule has 0 aromatic rings. The van der Waals surface area contributed by atoms with E-state index in [4.69, 9.17) is 0 Å². The quantitative estimate of drug-likeness (QED) is 0.687. The van der Waals surface area contributed by atoms with Crippen LogP contribution in [0.5, 0.6) is 0 Å². The van der Waals surface area contributed by atoms with Crippen LogP contribution in [0.15, 0.2) is 0 Å². The maximum absolute atomic E-state index is 2.64. The van der Waals surface area contributed by atoms with Gasteiger partial charge in [-0.15, -0.1) is 0 Å². The van der Waals surface area contributed by atoms with Crippen LogP contribution in [-0.2, 0) is 0 Å². The van der Waals surface area contributed by atoms with Gasteiger partial charge in [-0.2, -0.15) is 0 Å². The number of hydrogen-bond acceptors (Lipinski definition) is 2. The van der Waals surface area contributed by atoms with Crippen LogP contribution in [0.3, 0.4) is 0 Å². The van der Waals surface area contributed by atoms with Crippen molar-refractivity contribution in [2.45, 2.75) is 40.0 Å². The molecule has 0 unspecified atom stereocenters. The molecule has 1 aliphatic rings. The molecule has 96 valence electrons. The van der Waals surface area contributed by atoms with E-state index in [0.717, 1.165) is 11.8 Å². The molecule has 0 aromatic carbocycles. The second kappa shape index (κ2) is 7.29. The summed E-state index contributed by atoms with van der Waals surface area (Å²) < 4.78 is 0.